The van der Waals surface area contributed by atoms with Crippen LogP contribution in [0.3, 0.4) is 0 Å². The van der Waals surface area contributed by atoms with E-state index in [1.807, 2.05) is 24.3 Å². The number of aromatic nitrogens is 1. The van der Waals surface area contributed by atoms with E-state index in [-0.39, 0.29) is 22.8 Å². The van der Waals surface area contributed by atoms with Gasteiger partial charge in [-0.1, -0.05) is 12.1 Å². The second-order valence-electron chi connectivity index (χ2n) is 6.29. The lowest BCUT2D eigenvalue weighted by Gasteiger charge is -2.09. The van der Waals surface area contributed by atoms with E-state index in [4.69, 9.17) is 4.74 Å². The van der Waals surface area contributed by atoms with Crippen LogP contribution in [0.15, 0.2) is 77.7 Å². The van der Waals surface area contributed by atoms with Gasteiger partial charge in [-0.05, 0) is 60.7 Å². The van der Waals surface area contributed by atoms with E-state index < -0.39 is 21.8 Å². The monoisotopic (exact) mass is 442 g/mol. The zero-order valence-electron chi connectivity index (χ0n) is 15.4. The second kappa shape index (κ2) is 8.21. The Bertz CT molecular complexity index is 1270. The number of carbonyl (C=O) groups is 1. The van der Waals surface area contributed by atoms with Crippen LogP contribution in [-0.4, -0.2) is 19.4 Å². The van der Waals surface area contributed by atoms with Crippen LogP contribution >= 0.6 is 11.3 Å². The molecule has 0 spiro atoms. The molecule has 3 aromatic carbocycles. The number of hydrogen-bond acceptors (Lipinski definition) is 6. The van der Waals surface area contributed by atoms with Crippen LogP contribution in [-0.2, 0) is 21.4 Å². The van der Waals surface area contributed by atoms with Crippen molar-refractivity contribution in [1.82, 2.24) is 4.98 Å². The number of para-hydroxylation sites is 1. The highest BCUT2D eigenvalue weighted by Gasteiger charge is 2.15. The first kappa shape index (κ1) is 20.0. The molecule has 0 amide bonds. The van der Waals surface area contributed by atoms with Gasteiger partial charge in [-0.2, -0.15) is 0 Å². The average molecular weight is 442 g/mol. The van der Waals surface area contributed by atoms with E-state index in [1.165, 1.54) is 47.7 Å². The summed E-state index contributed by atoms with van der Waals surface area (Å²) in [5.41, 5.74) is 1.40. The van der Waals surface area contributed by atoms with E-state index in [1.54, 1.807) is 0 Å². The summed E-state index contributed by atoms with van der Waals surface area (Å²) in [6.45, 7) is 0.0527. The Morgan fingerprint density at radius 2 is 1.70 bits per heavy atom. The van der Waals surface area contributed by atoms with Gasteiger partial charge in [0, 0.05) is 5.69 Å². The lowest BCUT2D eigenvalue weighted by molar-refractivity contribution is 0.0472. The van der Waals surface area contributed by atoms with Crippen molar-refractivity contribution >= 4 is 43.2 Å². The van der Waals surface area contributed by atoms with E-state index in [2.05, 4.69) is 9.71 Å². The number of carbonyl (C=O) groups excluding carboxylic acids is 1. The third-order valence-corrected chi connectivity index (χ3v) is 6.57. The van der Waals surface area contributed by atoms with Gasteiger partial charge in [0.2, 0.25) is 0 Å². The molecule has 1 heterocycles. The van der Waals surface area contributed by atoms with Crippen LogP contribution in [0.5, 0.6) is 0 Å². The Morgan fingerprint density at radius 3 is 2.40 bits per heavy atom. The molecular formula is C21H15FN2O4S2. The number of hydrogen-bond donors (Lipinski definition) is 1. The fourth-order valence-corrected chi connectivity index (χ4v) is 4.63. The van der Waals surface area contributed by atoms with Crippen molar-refractivity contribution in [2.24, 2.45) is 0 Å². The van der Waals surface area contributed by atoms with Gasteiger partial charge in [-0.15, -0.1) is 11.3 Å². The first-order valence-electron chi connectivity index (χ1n) is 8.81. The largest absolute Gasteiger partial charge is 0.455 e. The molecule has 0 fully saturated rings. The molecule has 1 N–H and O–H groups in total. The predicted molar refractivity (Wildman–Crippen MR) is 112 cm³/mol. The van der Waals surface area contributed by atoms with Crippen LogP contribution in [0.25, 0.3) is 10.2 Å². The molecule has 4 rings (SSSR count). The zero-order chi connectivity index (χ0) is 21.1. The predicted octanol–water partition coefficient (Wildman–Crippen LogP) is 4.59. The minimum Gasteiger partial charge on any atom is -0.455 e. The first-order chi connectivity index (χ1) is 14.4. The number of nitrogens with zero attached hydrogens (tertiary/aromatic N) is 1. The maximum absolute atomic E-state index is 13.0. The number of esters is 1. The van der Waals surface area contributed by atoms with Crippen LogP contribution in [0.2, 0.25) is 0 Å². The van der Waals surface area contributed by atoms with Gasteiger partial charge in [-0.25, -0.2) is 22.6 Å². The minimum atomic E-state index is -3.86. The molecule has 0 radical (unpaired) electrons. The van der Waals surface area contributed by atoms with E-state index in [0.29, 0.717) is 5.01 Å². The van der Waals surface area contributed by atoms with Gasteiger partial charge in [0.15, 0.2) is 0 Å². The molecule has 30 heavy (non-hydrogen) atoms. The first-order valence-corrected chi connectivity index (χ1v) is 11.1. The normalized spacial score (nSPS) is 11.4. The number of ether oxygens (including phenoxy) is 1. The topological polar surface area (TPSA) is 85.4 Å². The third kappa shape index (κ3) is 4.47. The van der Waals surface area contributed by atoms with Crippen LogP contribution < -0.4 is 4.72 Å². The third-order valence-electron chi connectivity index (χ3n) is 4.16. The maximum Gasteiger partial charge on any atom is 0.338 e. The smallest absolute Gasteiger partial charge is 0.338 e. The summed E-state index contributed by atoms with van der Waals surface area (Å²) in [4.78, 5) is 16.6. The molecular weight excluding hydrogens is 427 g/mol. The Kier molecular flexibility index (Phi) is 5.47. The molecule has 0 aliphatic heterocycles. The number of sulfonamides is 1. The Hall–Kier alpha value is -3.30. The van der Waals surface area contributed by atoms with Crippen LogP contribution in [0.1, 0.15) is 15.4 Å². The molecule has 6 nitrogen and oxygen atoms in total. The van der Waals surface area contributed by atoms with E-state index in [0.717, 1.165) is 22.3 Å². The highest BCUT2D eigenvalue weighted by atomic mass is 32.2. The second-order valence-corrected chi connectivity index (χ2v) is 9.09. The number of thiazole rings is 1. The van der Waals surface area contributed by atoms with Crippen molar-refractivity contribution in [2.45, 2.75) is 11.5 Å². The molecule has 4 aromatic rings. The SMILES string of the molecule is O=C(OCc1nc2ccccc2s1)c1ccc(NS(=O)(=O)c2ccc(F)cc2)cc1. The lowest BCUT2D eigenvalue weighted by Crippen LogP contribution is -2.13. The molecule has 9 heteroatoms. The Morgan fingerprint density at radius 1 is 1.00 bits per heavy atom. The van der Waals surface area contributed by atoms with Crippen molar-refractivity contribution in [2.75, 3.05) is 4.72 Å². The van der Waals surface area contributed by atoms with Crippen molar-refractivity contribution in [3.05, 3.63) is 89.2 Å². The van der Waals surface area contributed by atoms with Crippen LogP contribution in [0.4, 0.5) is 10.1 Å². The number of nitrogens with one attached hydrogen (secondary N) is 1. The summed E-state index contributed by atoms with van der Waals surface area (Å²) in [6.07, 6.45) is 0. The zero-order valence-corrected chi connectivity index (χ0v) is 17.0. The van der Waals surface area contributed by atoms with Crippen molar-refractivity contribution < 1.29 is 22.3 Å². The van der Waals surface area contributed by atoms with Gasteiger partial charge in [0.05, 0.1) is 20.7 Å². The van der Waals surface area contributed by atoms with Gasteiger partial charge in [0.1, 0.15) is 17.4 Å². The van der Waals surface area contributed by atoms with Gasteiger partial charge in [0.25, 0.3) is 10.0 Å². The number of benzene rings is 3. The summed E-state index contributed by atoms with van der Waals surface area (Å²) in [5.74, 6) is -1.06. The van der Waals surface area contributed by atoms with Crippen LogP contribution in [0, 0.1) is 5.82 Å². The summed E-state index contributed by atoms with van der Waals surface area (Å²) < 4.78 is 46.3. The summed E-state index contributed by atoms with van der Waals surface area (Å²) >= 11 is 1.45. The summed E-state index contributed by atoms with van der Waals surface area (Å²) in [6, 6.07) is 18.0. The van der Waals surface area contributed by atoms with E-state index >= 15 is 0 Å². The quantitative estimate of drug-likeness (QED) is 0.442. The van der Waals surface area contributed by atoms with Crippen molar-refractivity contribution in [3.8, 4) is 0 Å². The molecule has 0 saturated heterocycles. The maximum atomic E-state index is 13.0. The number of halogens is 1. The molecule has 0 atom stereocenters. The molecule has 0 bridgehead atoms. The molecule has 0 saturated carbocycles. The molecule has 0 aliphatic carbocycles. The minimum absolute atomic E-state index is 0.0527. The van der Waals surface area contributed by atoms with E-state index in [9.17, 15) is 17.6 Å². The molecule has 0 unspecified atom stereocenters. The number of rotatable bonds is 6. The number of fused-ring (bicyclic) bond motifs is 1. The highest BCUT2D eigenvalue weighted by molar-refractivity contribution is 7.92. The van der Waals surface area contributed by atoms with Crippen molar-refractivity contribution in [1.29, 1.82) is 0 Å². The fraction of sp³-hybridized carbons (Fsp3) is 0.0476. The molecule has 152 valence electrons. The Balaban J connectivity index is 1.40. The summed E-state index contributed by atoms with van der Waals surface area (Å²) in [5, 5.41) is 0.688. The molecule has 0 aliphatic rings. The highest BCUT2D eigenvalue weighted by Crippen LogP contribution is 2.22. The fourth-order valence-electron chi connectivity index (χ4n) is 2.69. The van der Waals surface area contributed by atoms with Crippen molar-refractivity contribution in [3.63, 3.8) is 0 Å². The molecule has 1 aromatic heterocycles. The van der Waals surface area contributed by atoms with Gasteiger partial charge in [-0.3, -0.25) is 4.72 Å². The lowest BCUT2D eigenvalue weighted by atomic mass is 10.2. The van der Waals surface area contributed by atoms with Gasteiger partial charge >= 0.3 is 5.97 Å². The average Bonchev–Trinajstić information content (AvgIpc) is 3.16. The Labute approximate surface area is 176 Å². The standard InChI is InChI=1S/C21H15FN2O4S2/c22-15-7-11-17(12-8-15)30(26,27)24-16-9-5-14(6-10-16)21(25)28-13-20-23-18-3-1-2-4-19(18)29-20/h1-12,24H,13H2. The summed E-state index contributed by atoms with van der Waals surface area (Å²) in [7, 11) is -3.86. The number of anilines is 1. The van der Waals surface area contributed by atoms with Gasteiger partial charge < -0.3 is 4.74 Å².